The topological polar surface area (TPSA) is 139 Å². The Kier molecular flexibility index (Phi) is 11.4. The predicted octanol–water partition coefficient (Wildman–Crippen LogP) is 5.58. The molecular weight excluding hydrogens is 559 g/mol. The maximum Gasteiger partial charge on any atom is 0.490 e. The molecule has 0 radical (unpaired) electrons. The molecule has 0 unspecified atom stereocenters. The molecule has 204 valence electrons. The highest BCUT2D eigenvalue weighted by Gasteiger charge is 2.38. The third kappa shape index (κ3) is 11.5. The molecule has 0 spiro atoms. The summed E-state index contributed by atoms with van der Waals surface area (Å²) in [5.41, 5.74) is 0.531. The fourth-order valence-corrected chi connectivity index (χ4v) is 2.00. The number of aliphatic carboxylic acids is 2. The molecule has 3 rings (SSSR count). The van der Waals surface area contributed by atoms with Gasteiger partial charge in [0.25, 0.3) is 5.91 Å². The number of carbonyl (C=O) groups is 3. The van der Waals surface area contributed by atoms with Crippen molar-refractivity contribution in [1.29, 1.82) is 0 Å². The number of nitrogens with zero attached hydrogens (tertiary/aromatic N) is 2. The summed E-state index contributed by atoms with van der Waals surface area (Å²) in [6, 6.07) is 12.2. The molecule has 0 aliphatic carbocycles. The number of hydrogen-bond acceptors (Lipinski definition) is 6. The number of alkyl halides is 6. The van der Waals surface area contributed by atoms with E-state index in [0.717, 1.165) is 6.07 Å². The van der Waals surface area contributed by atoms with Gasteiger partial charge in [-0.05, 0) is 30.3 Å². The summed E-state index contributed by atoms with van der Waals surface area (Å²) in [4.78, 5) is 37.6. The van der Waals surface area contributed by atoms with Gasteiger partial charge < -0.3 is 20.3 Å². The Labute approximate surface area is 212 Å². The highest BCUT2D eigenvalue weighted by molar-refractivity contribution is 6.30. The van der Waals surface area contributed by atoms with E-state index in [-0.39, 0.29) is 17.3 Å². The second-order valence-corrected chi connectivity index (χ2v) is 6.77. The number of benzene rings is 1. The summed E-state index contributed by atoms with van der Waals surface area (Å²) in [6.45, 7) is 0. The summed E-state index contributed by atoms with van der Waals surface area (Å²) < 4.78 is 82.9. The maximum absolute atomic E-state index is 14.1. The minimum atomic E-state index is -5.08. The first-order valence-electron chi connectivity index (χ1n) is 9.42. The van der Waals surface area contributed by atoms with Crippen LogP contribution in [0.4, 0.5) is 36.4 Å². The molecule has 1 amide bonds. The van der Waals surface area contributed by atoms with Crippen molar-refractivity contribution in [2.45, 2.75) is 12.4 Å². The first-order chi connectivity index (χ1) is 17.5. The fourth-order valence-electron chi connectivity index (χ4n) is 1.89. The molecule has 0 aliphatic rings. The van der Waals surface area contributed by atoms with E-state index in [4.69, 9.17) is 36.1 Å². The molecule has 38 heavy (non-hydrogen) atoms. The van der Waals surface area contributed by atoms with E-state index in [1.54, 1.807) is 24.3 Å². The van der Waals surface area contributed by atoms with Gasteiger partial charge in [0, 0.05) is 30.2 Å². The van der Waals surface area contributed by atoms with Gasteiger partial charge in [-0.1, -0.05) is 17.7 Å². The SMILES string of the molecule is O=C(Nc1ccc(Oc2ccc(Cl)cn2)c(F)c1)c1ccccn1.O=C(O)C(F)(F)F.O=C(O)C(F)(F)F. The Morgan fingerprint density at radius 1 is 0.868 bits per heavy atom. The molecule has 17 heteroatoms. The van der Waals surface area contributed by atoms with Crippen molar-refractivity contribution in [3.05, 3.63) is 77.5 Å². The van der Waals surface area contributed by atoms with Crippen molar-refractivity contribution in [2.24, 2.45) is 0 Å². The fraction of sp³-hybridized carbons (Fsp3) is 0.0952. The predicted molar refractivity (Wildman–Crippen MR) is 115 cm³/mol. The van der Waals surface area contributed by atoms with Crippen molar-refractivity contribution in [3.8, 4) is 11.6 Å². The van der Waals surface area contributed by atoms with Crippen LogP contribution in [0, 0.1) is 5.82 Å². The van der Waals surface area contributed by atoms with Crippen LogP contribution in [-0.4, -0.2) is 50.4 Å². The van der Waals surface area contributed by atoms with Gasteiger partial charge in [-0.15, -0.1) is 0 Å². The Morgan fingerprint density at radius 3 is 1.87 bits per heavy atom. The molecule has 0 saturated carbocycles. The molecule has 3 N–H and O–H groups in total. The number of anilines is 1. The Bertz CT molecular complexity index is 1220. The zero-order chi connectivity index (χ0) is 29.1. The molecule has 3 aromatic rings. The number of ether oxygens (including phenoxy) is 1. The summed E-state index contributed by atoms with van der Waals surface area (Å²) in [5.74, 6) is -6.38. The van der Waals surface area contributed by atoms with Crippen molar-refractivity contribution in [2.75, 3.05) is 5.32 Å². The van der Waals surface area contributed by atoms with Gasteiger partial charge >= 0.3 is 24.3 Å². The van der Waals surface area contributed by atoms with Crippen LogP contribution in [0.1, 0.15) is 10.5 Å². The van der Waals surface area contributed by atoms with Crippen LogP contribution in [0.2, 0.25) is 5.02 Å². The van der Waals surface area contributed by atoms with Gasteiger partial charge in [0.05, 0.1) is 5.02 Å². The van der Waals surface area contributed by atoms with Crippen molar-refractivity contribution in [1.82, 2.24) is 9.97 Å². The lowest BCUT2D eigenvalue weighted by Gasteiger charge is -2.08. The average molecular weight is 572 g/mol. The number of carboxylic acids is 2. The van der Waals surface area contributed by atoms with Crippen molar-refractivity contribution < 1.29 is 60.1 Å². The van der Waals surface area contributed by atoms with E-state index in [0.29, 0.717) is 10.7 Å². The van der Waals surface area contributed by atoms with E-state index in [2.05, 4.69) is 15.3 Å². The number of pyridine rings is 2. The number of carbonyl (C=O) groups excluding carboxylic acids is 1. The molecule has 0 fully saturated rings. The summed E-state index contributed by atoms with van der Waals surface area (Å²) in [6.07, 6.45) is -7.26. The summed E-state index contributed by atoms with van der Waals surface area (Å²) in [5, 5.41) is 17.3. The highest BCUT2D eigenvalue weighted by Crippen LogP contribution is 2.26. The molecule has 0 saturated heterocycles. The van der Waals surface area contributed by atoms with Crippen LogP contribution in [0.3, 0.4) is 0 Å². The summed E-state index contributed by atoms with van der Waals surface area (Å²) >= 11 is 5.73. The van der Waals surface area contributed by atoms with Gasteiger partial charge in [0.1, 0.15) is 5.69 Å². The maximum atomic E-state index is 14.1. The van der Waals surface area contributed by atoms with Crippen LogP contribution in [0.25, 0.3) is 0 Å². The number of rotatable bonds is 4. The van der Waals surface area contributed by atoms with Gasteiger partial charge in [-0.25, -0.2) is 19.0 Å². The minimum absolute atomic E-state index is 0.0133. The summed E-state index contributed by atoms with van der Waals surface area (Å²) in [7, 11) is 0. The number of amides is 1. The second-order valence-electron chi connectivity index (χ2n) is 6.34. The number of halogens is 8. The van der Waals surface area contributed by atoms with Crippen LogP contribution >= 0.6 is 11.6 Å². The molecule has 0 bridgehead atoms. The number of nitrogens with one attached hydrogen (secondary N) is 1. The lowest BCUT2D eigenvalue weighted by molar-refractivity contribution is -0.193. The van der Waals surface area contributed by atoms with Gasteiger partial charge in [0.15, 0.2) is 11.6 Å². The average Bonchev–Trinajstić information content (AvgIpc) is 2.82. The molecular formula is C21H13ClF7N3O6. The Balaban J connectivity index is 0.000000426. The van der Waals surface area contributed by atoms with Gasteiger partial charge in [-0.2, -0.15) is 26.3 Å². The van der Waals surface area contributed by atoms with Crippen LogP contribution in [0.15, 0.2) is 60.9 Å². The second kappa shape index (κ2) is 13.7. The van der Waals surface area contributed by atoms with Crippen LogP contribution < -0.4 is 10.1 Å². The first kappa shape index (κ1) is 31.6. The van der Waals surface area contributed by atoms with Crippen LogP contribution in [-0.2, 0) is 9.59 Å². The van der Waals surface area contributed by atoms with E-state index in [9.17, 15) is 35.5 Å². The molecule has 0 atom stereocenters. The monoisotopic (exact) mass is 571 g/mol. The lowest BCUT2D eigenvalue weighted by atomic mass is 10.2. The van der Waals surface area contributed by atoms with E-state index >= 15 is 0 Å². The van der Waals surface area contributed by atoms with Crippen molar-refractivity contribution >= 4 is 35.1 Å². The number of hydrogen-bond donors (Lipinski definition) is 3. The molecule has 2 aromatic heterocycles. The van der Waals surface area contributed by atoms with Crippen LogP contribution in [0.5, 0.6) is 11.6 Å². The quantitative estimate of drug-likeness (QED) is 0.345. The smallest absolute Gasteiger partial charge is 0.475 e. The zero-order valence-electron chi connectivity index (χ0n) is 18.2. The third-order valence-electron chi connectivity index (χ3n) is 3.49. The Hall–Kier alpha value is -4.47. The number of aromatic nitrogens is 2. The highest BCUT2D eigenvalue weighted by atomic mass is 35.5. The molecule has 0 aliphatic heterocycles. The zero-order valence-corrected chi connectivity index (χ0v) is 19.0. The van der Waals surface area contributed by atoms with E-state index < -0.39 is 36.0 Å². The third-order valence-corrected chi connectivity index (χ3v) is 3.71. The standard InChI is InChI=1S/C17H11ClFN3O2.2C2HF3O2/c18-11-4-7-16(21-10-11)24-15-6-5-12(9-13(15)19)22-17(23)14-3-1-2-8-20-14;2*3-2(4,5)1(6)7/h1-10H,(H,22,23);2*(H,6,7). The molecule has 2 heterocycles. The van der Waals surface area contributed by atoms with E-state index in [1.165, 1.54) is 30.6 Å². The molecule has 1 aromatic carbocycles. The van der Waals surface area contributed by atoms with Gasteiger partial charge in [0.2, 0.25) is 5.88 Å². The lowest BCUT2D eigenvalue weighted by Crippen LogP contribution is -2.21. The van der Waals surface area contributed by atoms with Crippen molar-refractivity contribution in [3.63, 3.8) is 0 Å². The Morgan fingerprint density at radius 2 is 1.45 bits per heavy atom. The normalized spacial score (nSPS) is 10.6. The van der Waals surface area contributed by atoms with E-state index in [1.807, 2.05) is 0 Å². The molecule has 9 nitrogen and oxygen atoms in total. The largest absolute Gasteiger partial charge is 0.490 e. The minimum Gasteiger partial charge on any atom is -0.475 e. The van der Waals surface area contributed by atoms with Gasteiger partial charge in [-0.3, -0.25) is 9.78 Å². The first-order valence-corrected chi connectivity index (χ1v) is 9.80. The number of carboxylic acid groups (broad SMARTS) is 2.